The molecule has 3 atom stereocenters. The first-order valence-corrected chi connectivity index (χ1v) is 9.97. The lowest BCUT2D eigenvalue weighted by Gasteiger charge is -2.57. The van der Waals surface area contributed by atoms with E-state index in [0.717, 1.165) is 29.9 Å². The average molecular weight is 370 g/mol. The number of fused-ring (bicyclic) bond motifs is 3. The number of carbonyl (C=O) groups excluding carboxylic acids is 1. The van der Waals surface area contributed by atoms with Crippen LogP contribution in [-0.2, 0) is 4.79 Å². The highest BCUT2D eigenvalue weighted by Gasteiger charge is 2.46. The van der Waals surface area contributed by atoms with Gasteiger partial charge in [-0.15, -0.1) is 0 Å². The number of hydrogen-bond acceptors (Lipinski definition) is 4. The Kier molecular flexibility index (Phi) is 4.51. The molecule has 5 rings (SSSR count). The third-order valence-corrected chi connectivity index (χ3v) is 5.89. The minimum atomic E-state index is -0.170. The van der Waals surface area contributed by atoms with E-state index in [0.29, 0.717) is 18.6 Å². The number of H-pyrrole nitrogens is 1. The van der Waals surface area contributed by atoms with Crippen molar-refractivity contribution in [3.05, 3.63) is 29.6 Å². The Morgan fingerprint density at radius 1 is 1.33 bits per heavy atom. The van der Waals surface area contributed by atoms with Gasteiger partial charge in [-0.25, -0.2) is 4.98 Å². The van der Waals surface area contributed by atoms with Crippen LogP contribution in [0.4, 0.5) is 0 Å². The second-order valence-corrected chi connectivity index (χ2v) is 9.24. The molecule has 0 spiro atoms. The fourth-order valence-corrected chi connectivity index (χ4v) is 4.48. The van der Waals surface area contributed by atoms with Crippen LogP contribution in [0.5, 0.6) is 0 Å². The van der Waals surface area contributed by atoms with E-state index in [1.807, 2.05) is 20.8 Å². The molecule has 2 aromatic rings. The van der Waals surface area contributed by atoms with Crippen molar-refractivity contribution in [3.8, 4) is 0 Å². The molecule has 27 heavy (non-hydrogen) atoms. The predicted molar refractivity (Wildman–Crippen MR) is 108 cm³/mol. The van der Waals surface area contributed by atoms with E-state index in [4.69, 9.17) is 4.98 Å². The third kappa shape index (κ3) is 3.60. The molecule has 2 bridgehead atoms. The van der Waals surface area contributed by atoms with Crippen molar-refractivity contribution < 1.29 is 4.79 Å². The number of nitrogens with one attached hydrogen (secondary N) is 2. The molecule has 1 amide bonds. The zero-order chi connectivity index (χ0) is 19.3. The summed E-state index contributed by atoms with van der Waals surface area (Å²) in [7, 11) is 0. The number of rotatable bonds is 4. The number of aromatic amines is 1. The Balaban J connectivity index is 1.40. The normalized spacial score (nSPS) is 24.6. The molecule has 6 nitrogen and oxygen atoms in total. The summed E-state index contributed by atoms with van der Waals surface area (Å²) in [4.78, 5) is 25.5. The summed E-state index contributed by atoms with van der Waals surface area (Å²) in [5.41, 5.74) is 3.22. The van der Waals surface area contributed by atoms with Crippen LogP contribution in [0.3, 0.4) is 0 Å². The van der Waals surface area contributed by atoms with E-state index in [2.05, 4.69) is 52.1 Å². The van der Waals surface area contributed by atoms with E-state index in [1.54, 1.807) is 0 Å². The van der Waals surface area contributed by atoms with Crippen molar-refractivity contribution in [2.75, 3.05) is 19.6 Å². The van der Waals surface area contributed by atoms with Gasteiger partial charge in [0.15, 0.2) is 0 Å². The van der Waals surface area contributed by atoms with Crippen molar-refractivity contribution in [2.24, 2.45) is 0 Å². The van der Waals surface area contributed by atoms with Gasteiger partial charge in [0.05, 0.1) is 23.6 Å². The first-order valence-electron chi connectivity index (χ1n) is 9.97. The second kappa shape index (κ2) is 6.60. The summed E-state index contributed by atoms with van der Waals surface area (Å²) in [5.74, 6) is 1.17. The molecule has 3 aliphatic rings. The van der Waals surface area contributed by atoms with Crippen molar-refractivity contribution in [1.29, 1.82) is 0 Å². The lowest BCUT2D eigenvalue weighted by Crippen LogP contribution is -2.70. The highest BCUT2D eigenvalue weighted by Crippen LogP contribution is 2.35. The molecular formula is C21H31N5O. The first kappa shape index (κ1) is 18.4. The highest BCUT2D eigenvalue weighted by molar-refractivity contribution is 5.79. The van der Waals surface area contributed by atoms with Gasteiger partial charge in [0, 0.05) is 30.7 Å². The SMILES string of the molecule is Cc1cccc2[nH]c(C(C)N3CC4CC(C3)N4CC(=O)NC(C)(C)C)nc12. The zero-order valence-corrected chi connectivity index (χ0v) is 17.0. The number of imidazole rings is 1. The molecule has 0 radical (unpaired) electrons. The number of piperidine rings is 1. The smallest absolute Gasteiger partial charge is 0.234 e. The quantitative estimate of drug-likeness (QED) is 0.870. The molecule has 0 saturated carbocycles. The van der Waals surface area contributed by atoms with Gasteiger partial charge in [-0.2, -0.15) is 0 Å². The summed E-state index contributed by atoms with van der Waals surface area (Å²) in [6.45, 7) is 12.9. The fraction of sp³-hybridized carbons (Fsp3) is 0.619. The number of aryl methyl sites for hydroxylation is 1. The van der Waals surface area contributed by atoms with Gasteiger partial charge >= 0.3 is 0 Å². The van der Waals surface area contributed by atoms with Crippen LogP contribution in [-0.4, -0.2) is 62.9 Å². The molecule has 2 N–H and O–H groups in total. The Morgan fingerprint density at radius 2 is 2.04 bits per heavy atom. The summed E-state index contributed by atoms with van der Waals surface area (Å²) >= 11 is 0. The largest absolute Gasteiger partial charge is 0.350 e. The molecule has 146 valence electrons. The van der Waals surface area contributed by atoms with Crippen molar-refractivity contribution in [2.45, 2.75) is 64.7 Å². The maximum absolute atomic E-state index is 12.3. The van der Waals surface area contributed by atoms with Gasteiger partial charge in [-0.1, -0.05) is 12.1 Å². The Bertz CT molecular complexity index is 840. The number of benzene rings is 1. The maximum Gasteiger partial charge on any atom is 0.234 e. The Hall–Kier alpha value is -1.92. The molecular weight excluding hydrogens is 338 g/mol. The van der Waals surface area contributed by atoms with E-state index in [9.17, 15) is 4.79 Å². The number of carbonyl (C=O) groups is 1. The summed E-state index contributed by atoms with van der Waals surface area (Å²) in [6.07, 6.45) is 1.20. The molecule has 1 aromatic heterocycles. The van der Waals surface area contributed by atoms with Gasteiger partial charge in [0.2, 0.25) is 5.91 Å². The maximum atomic E-state index is 12.3. The molecule has 3 aliphatic heterocycles. The predicted octanol–water partition coefficient (Wildman–Crippen LogP) is 2.61. The third-order valence-electron chi connectivity index (χ3n) is 5.89. The van der Waals surface area contributed by atoms with Gasteiger partial charge in [0.25, 0.3) is 0 Å². The molecule has 3 saturated heterocycles. The molecule has 0 aliphatic carbocycles. The van der Waals surface area contributed by atoms with E-state index >= 15 is 0 Å². The monoisotopic (exact) mass is 369 g/mol. The molecule has 4 heterocycles. The highest BCUT2D eigenvalue weighted by atomic mass is 16.2. The molecule has 1 aromatic carbocycles. The molecule has 6 heteroatoms. The number of aromatic nitrogens is 2. The van der Waals surface area contributed by atoms with E-state index in [-0.39, 0.29) is 17.5 Å². The summed E-state index contributed by atoms with van der Waals surface area (Å²) in [5, 5.41) is 3.08. The van der Waals surface area contributed by atoms with E-state index < -0.39 is 0 Å². The van der Waals surface area contributed by atoms with Gasteiger partial charge < -0.3 is 10.3 Å². The van der Waals surface area contributed by atoms with Crippen LogP contribution in [0.25, 0.3) is 11.0 Å². The van der Waals surface area contributed by atoms with Crippen LogP contribution in [0.2, 0.25) is 0 Å². The number of amides is 1. The number of para-hydroxylation sites is 1. The van der Waals surface area contributed by atoms with Crippen LogP contribution < -0.4 is 5.32 Å². The lowest BCUT2D eigenvalue weighted by atomic mass is 9.86. The summed E-state index contributed by atoms with van der Waals surface area (Å²) in [6, 6.07) is 7.47. The summed E-state index contributed by atoms with van der Waals surface area (Å²) < 4.78 is 0. The molecule has 3 unspecified atom stereocenters. The van der Waals surface area contributed by atoms with Crippen molar-refractivity contribution in [3.63, 3.8) is 0 Å². The first-order chi connectivity index (χ1) is 12.7. The number of nitrogens with zero attached hydrogens (tertiary/aromatic N) is 3. The van der Waals surface area contributed by atoms with Gasteiger partial charge in [-0.05, 0) is 52.7 Å². The standard InChI is InChI=1S/C21H31N5O/c1-13-7-6-8-17-19(13)23-20(22-17)14(2)25-10-15-9-16(11-25)26(15)12-18(27)24-21(3,4)5/h6-8,14-16H,9-12H2,1-5H3,(H,22,23)(H,24,27). The lowest BCUT2D eigenvalue weighted by molar-refractivity contribution is -0.133. The Labute approximate surface area is 161 Å². The minimum absolute atomic E-state index is 0.131. The Morgan fingerprint density at radius 3 is 2.67 bits per heavy atom. The van der Waals surface area contributed by atoms with Crippen LogP contribution >= 0.6 is 0 Å². The zero-order valence-electron chi connectivity index (χ0n) is 17.0. The van der Waals surface area contributed by atoms with E-state index in [1.165, 1.54) is 12.0 Å². The minimum Gasteiger partial charge on any atom is -0.350 e. The fourth-order valence-electron chi connectivity index (χ4n) is 4.48. The van der Waals surface area contributed by atoms with Gasteiger partial charge in [-0.3, -0.25) is 14.6 Å². The van der Waals surface area contributed by atoms with Crippen LogP contribution in [0.1, 0.15) is 51.5 Å². The average Bonchev–Trinajstić information content (AvgIpc) is 3.03. The second-order valence-electron chi connectivity index (χ2n) is 9.24. The van der Waals surface area contributed by atoms with Crippen LogP contribution in [0, 0.1) is 6.92 Å². The molecule has 3 fully saturated rings. The van der Waals surface area contributed by atoms with Gasteiger partial charge in [0.1, 0.15) is 5.82 Å². The van der Waals surface area contributed by atoms with Crippen LogP contribution in [0.15, 0.2) is 18.2 Å². The number of piperazine rings is 1. The topological polar surface area (TPSA) is 64.3 Å². The number of hydrogen-bond donors (Lipinski definition) is 2. The van der Waals surface area contributed by atoms with Crippen molar-refractivity contribution in [1.82, 2.24) is 25.1 Å². The van der Waals surface area contributed by atoms with Crippen molar-refractivity contribution >= 4 is 16.9 Å².